The molecule has 15 nitrogen and oxygen atoms in total. The predicted octanol–water partition coefficient (Wildman–Crippen LogP) is 5.57. The van der Waals surface area contributed by atoms with Gasteiger partial charge >= 0.3 is 0 Å². The minimum atomic E-state index is -5.15. The van der Waals surface area contributed by atoms with Gasteiger partial charge in [-0.2, -0.15) is 32.3 Å². The number of nitrogens with two attached hydrogens (primary N) is 1. The zero-order chi connectivity index (χ0) is 32.8. The molecule has 0 unspecified atom stereocenters. The lowest BCUT2D eigenvalue weighted by atomic mass is 9.92. The Morgan fingerprint density at radius 1 is 0.778 bits per heavy atom. The Bertz CT molecular complexity index is 2340. The summed E-state index contributed by atoms with van der Waals surface area (Å²) in [5, 5.41) is 34.9. The van der Waals surface area contributed by atoms with Crippen LogP contribution in [0.3, 0.4) is 0 Å². The van der Waals surface area contributed by atoms with Gasteiger partial charge in [0.2, 0.25) is 0 Å². The highest BCUT2D eigenvalue weighted by Gasteiger charge is 2.28. The molecule has 5 rings (SSSR count). The van der Waals surface area contributed by atoms with Crippen LogP contribution in [-0.2, 0) is 20.2 Å². The second-order valence-electron chi connectivity index (χ2n) is 9.56. The molecule has 226 valence electrons. The molecule has 4 aromatic rings. The van der Waals surface area contributed by atoms with Crippen LogP contribution in [0.25, 0.3) is 10.8 Å². The Balaban J connectivity index is 1.74. The third-order valence-electron chi connectivity index (χ3n) is 6.64. The van der Waals surface area contributed by atoms with Crippen molar-refractivity contribution in [2.45, 2.75) is 16.7 Å². The lowest BCUT2D eigenvalue weighted by Crippen LogP contribution is -2.11. The van der Waals surface area contributed by atoms with E-state index in [2.05, 4.69) is 20.5 Å². The van der Waals surface area contributed by atoms with E-state index in [9.17, 15) is 40.6 Å². The molecule has 4 aromatic carbocycles. The van der Waals surface area contributed by atoms with Crippen LogP contribution < -0.4 is 5.73 Å². The summed E-state index contributed by atoms with van der Waals surface area (Å²) in [5.41, 5.74) is 5.14. The molecule has 1 aliphatic rings. The van der Waals surface area contributed by atoms with Crippen LogP contribution in [0.4, 0.5) is 28.4 Å². The summed E-state index contributed by atoms with van der Waals surface area (Å²) in [6.45, 7) is 1.54. The molecule has 0 fully saturated rings. The largest absolute Gasteiger partial charge is 0.505 e. The van der Waals surface area contributed by atoms with Crippen molar-refractivity contribution in [2.24, 2.45) is 20.5 Å². The van der Waals surface area contributed by atoms with Crippen LogP contribution >= 0.6 is 0 Å². The van der Waals surface area contributed by atoms with Gasteiger partial charge in [0.05, 0.1) is 34.1 Å². The first-order valence-electron chi connectivity index (χ1n) is 12.4. The van der Waals surface area contributed by atoms with Crippen LogP contribution in [0.2, 0.25) is 0 Å². The van der Waals surface area contributed by atoms with Gasteiger partial charge in [0.25, 0.3) is 20.2 Å². The molecule has 1 aliphatic carbocycles. The number of benzene rings is 4. The number of allylic oxidation sites excluding steroid dienone is 2. The fourth-order valence-electron chi connectivity index (χ4n) is 4.46. The first kappa shape index (κ1) is 30.8. The molecular formula is C28H18N6O9S2. The van der Waals surface area contributed by atoms with E-state index in [1.165, 1.54) is 43.3 Å². The summed E-state index contributed by atoms with van der Waals surface area (Å²) in [4.78, 5) is 22.6. The van der Waals surface area contributed by atoms with Gasteiger partial charge in [0, 0.05) is 11.1 Å². The number of hydrogen-bond donors (Lipinski definition) is 4. The van der Waals surface area contributed by atoms with Crippen molar-refractivity contribution < 1.29 is 40.6 Å². The molecule has 0 aliphatic heterocycles. The molecule has 0 atom stereocenters. The number of aryl methyl sites for hydroxylation is 1. The zero-order valence-electron chi connectivity index (χ0n) is 22.7. The van der Waals surface area contributed by atoms with Crippen LogP contribution in [0, 0.1) is 18.3 Å². The van der Waals surface area contributed by atoms with Crippen molar-refractivity contribution in [3.05, 3.63) is 82.9 Å². The number of phenolic OH excluding ortho intramolecular Hbond substituents is 1. The molecule has 0 aromatic heterocycles. The number of hydrogen-bond acceptors (Lipinski definition) is 13. The molecule has 45 heavy (non-hydrogen) atoms. The SMILES string of the molecule is Cc1cc2c(cc1N=Nc1c(S(=O)(=O)O)cc3cc(S(=O)(=O)O)c(N=Nc4ccc(C#N)cc4)c(N)c3c1O)C(=O)C=CC2=O. The maximum atomic E-state index is 12.3. The maximum absolute atomic E-state index is 12.3. The van der Waals surface area contributed by atoms with Gasteiger partial charge in [0.15, 0.2) is 17.3 Å². The summed E-state index contributed by atoms with van der Waals surface area (Å²) < 4.78 is 69.0. The van der Waals surface area contributed by atoms with Crippen molar-refractivity contribution in [2.75, 3.05) is 5.73 Å². The topological polar surface area (TPSA) is 262 Å². The number of ketones is 2. The van der Waals surface area contributed by atoms with Crippen molar-refractivity contribution >= 4 is 71.0 Å². The molecule has 0 saturated heterocycles. The summed E-state index contributed by atoms with van der Waals surface area (Å²) in [5.74, 6) is -1.87. The number of azo groups is 2. The first-order chi connectivity index (χ1) is 21.1. The molecule has 0 amide bonds. The van der Waals surface area contributed by atoms with Crippen molar-refractivity contribution in [1.29, 1.82) is 5.26 Å². The van der Waals surface area contributed by atoms with Crippen LogP contribution in [0.1, 0.15) is 31.8 Å². The average molecular weight is 647 g/mol. The van der Waals surface area contributed by atoms with E-state index in [1.54, 1.807) is 0 Å². The molecule has 0 heterocycles. The van der Waals surface area contributed by atoms with E-state index in [0.717, 1.165) is 24.3 Å². The van der Waals surface area contributed by atoms with Crippen molar-refractivity contribution in [3.63, 3.8) is 0 Å². The fraction of sp³-hybridized carbons (Fsp3) is 0.0357. The molecule has 0 saturated carbocycles. The smallest absolute Gasteiger partial charge is 0.296 e. The van der Waals surface area contributed by atoms with Crippen molar-refractivity contribution in [3.8, 4) is 11.8 Å². The lowest BCUT2D eigenvalue weighted by Gasteiger charge is -2.14. The second-order valence-corrected chi connectivity index (χ2v) is 12.3. The van der Waals surface area contributed by atoms with E-state index in [-0.39, 0.29) is 33.3 Å². The summed E-state index contributed by atoms with van der Waals surface area (Å²) in [6.07, 6.45) is 2.19. The summed E-state index contributed by atoms with van der Waals surface area (Å²) in [7, 11) is -10.2. The zero-order valence-corrected chi connectivity index (χ0v) is 24.3. The number of carbonyl (C=O) groups is 2. The lowest BCUT2D eigenvalue weighted by molar-refractivity contribution is 0.0994. The molecule has 0 radical (unpaired) electrons. The molecular weight excluding hydrogens is 628 g/mol. The van der Waals surface area contributed by atoms with Crippen LogP contribution in [0.15, 0.2) is 90.9 Å². The number of carbonyl (C=O) groups excluding carboxylic acids is 2. The van der Waals surface area contributed by atoms with Crippen LogP contribution in [-0.4, -0.2) is 42.6 Å². The van der Waals surface area contributed by atoms with E-state index in [0.29, 0.717) is 11.1 Å². The van der Waals surface area contributed by atoms with E-state index < -0.39 is 64.4 Å². The molecule has 17 heteroatoms. The Labute approximate surface area is 254 Å². The number of rotatable bonds is 6. The number of anilines is 1. The van der Waals surface area contributed by atoms with Gasteiger partial charge in [-0.3, -0.25) is 18.7 Å². The Morgan fingerprint density at radius 3 is 1.87 bits per heavy atom. The van der Waals surface area contributed by atoms with Gasteiger partial charge in [0.1, 0.15) is 21.2 Å². The van der Waals surface area contributed by atoms with Gasteiger partial charge in [-0.05, 0) is 78.6 Å². The highest BCUT2D eigenvalue weighted by atomic mass is 32.2. The third-order valence-corrected chi connectivity index (χ3v) is 8.38. The monoisotopic (exact) mass is 646 g/mol. The predicted molar refractivity (Wildman–Crippen MR) is 158 cm³/mol. The molecule has 0 spiro atoms. The average Bonchev–Trinajstić information content (AvgIpc) is 2.97. The Morgan fingerprint density at radius 2 is 1.31 bits per heavy atom. The standard InChI is InChI=1S/C28H18N6O9S2/c1-13-8-17-18(21(36)7-6-20(17)35)11-19(13)32-34-27-23(45(41,42)43)10-15-9-22(44(38,39)40)26(25(30)24(15)28(27)37)33-31-16-4-2-14(12-29)3-5-16/h2-11,37H,30H2,1H3,(H,38,39,40)(H,41,42,43). The quantitative estimate of drug-likeness (QED) is 0.114. The van der Waals surface area contributed by atoms with E-state index in [4.69, 9.17) is 11.0 Å². The summed E-state index contributed by atoms with van der Waals surface area (Å²) >= 11 is 0. The fourth-order valence-corrected chi connectivity index (χ4v) is 5.79. The van der Waals surface area contributed by atoms with Gasteiger partial charge in [-0.1, -0.05) is 0 Å². The highest BCUT2D eigenvalue weighted by Crippen LogP contribution is 2.48. The number of nitriles is 1. The highest BCUT2D eigenvalue weighted by molar-refractivity contribution is 7.86. The minimum absolute atomic E-state index is 0.0117. The van der Waals surface area contributed by atoms with E-state index in [1.807, 2.05) is 6.07 Å². The normalized spacial score (nSPS) is 13.6. The minimum Gasteiger partial charge on any atom is -0.505 e. The van der Waals surface area contributed by atoms with Crippen LogP contribution in [0.5, 0.6) is 5.75 Å². The number of aromatic hydroxyl groups is 1. The van der Waals surface area contributed by atoms with Gasteiger partial charge in [-0.15, -0.1) is 10.2 Å². The Hall–Kier alpha value is -5.67. The van der Waals surface area contributed by atoms with Gasteiger partial charge in [-0.25, -0.2) is 0 Å². The third kappa shape index (κ3) is 5.81. The maximum Gasteiger partial charge on any atom is 0.296 e. The second kappa shape index (κ2) is 11.1. The van der Waals surface area contributed by atoms with Gasteiger partial charge < -0.3 is 10.8 Å². The molecule has 0 bridgehead atoms. The number of nitrogen functional groups attached to an aromatic ring is 1. The summed E-state index contributed by atoms with van der Waals surface area (Å²) in [6, 6.07) is 11.7. The number of nitrogens with zero attached hydrogens (tertiary/aromatic N) is 5. The molecule has 5 N–H and O–H groups in total. The van der Waals surface area contributed by atoms with E-state index >= 15 is 0 Å². The van der Waals surface area contributed by atoms with Crippen molar-refractivity contribution in [1.82, 2.24) is 0 Å². The number of fused-ring (bicyclic) bond motifs is 2. The number of phenols is 1. The Kier molecular flexibility index (Phi) is 7.60. The first-order valence-corrected chi connectivity index (χ1v) is 15.3.